The summed E-state index contributed by atoms with van der Waals surface area (Å²) in [6.45, 7) is 0. The van der Waals surface area contributed by atoms with Crippen LogP contribution in [0.2, 0.25) is 0 Å². The summed E-state index contributed by atoms with van der Waals surface area (Å²) in [7, 11) is -4.48. The van der Waals surface area contributed by atoms with Crippen LogP contribution in [-0.2, 0) is 10.1 Å². The monoisotopic (exact) mass is 292 g/mol. The number of anilines is 2. The fraction of sp³-hybridized carbons (Fsp3) is 0. The highest BCUT2D eigenvalue weighted by Crippen LogP contribution is 2.22. The molecule has 2 rings (SSSR count). The van der Waals surface area contributed by atoms with E-state index in [1.54, 1.807) is 18.2 Å². The second-order valence-corrected chi connectivity index (χ2v) is 5.57. The van der Waals surface area contributed by atoms with E-state index in [9.17, 15) is 13.2 Å². The molecule has 0 radical (unpaired) electrons. The van der Waals surface area contributed by atoms with Gasteiger partial charge in [-0.05, 0) is 30.3 Å². The van der Waals surface area contributed by atoms with Crippen LogP contribution in [0.4, 0.5) is 11.4 Å². The Balaban J connectivity index is 2.52. The van der Waals surface area contributed by atoms with Gasteiger partial charge in [0.15, 0.2) is 5.78 Å². The van der Waals surface area contributed by atoms with Crippen molar-refractivity contribution >= 4 is 27.3 Å². The predicted molar refractivity (Wildman–Crippen MR) is 75.0 cm³/mol. The number of nitrogen functional groups attached to an aromatic ring is 2. The number of nitrogens with two attached hydrogens (primary N) is 2. The Kier molecular flexibility index (Phi) is 3.47. The van der Waals surface area contributed by atoms with Gasteiger partial charge in [0, 0.05) is 16.8 Å². The zero-order valence-electron chi connectivity index (χ0n) is 10.3. The van der Waals surface area contributed by atoms with Crippen molar-refractivity contribution in [3.05, 3.63) is 53.6 Å². The van der Waals surface area contributed by atoms with E-state index in [0.717, 1.165) is 6.07 Å². The number of ketones is 1. The molecule has 0 bridgehead atoms. The summed E-state index contributed by atoms with van der Waals surface area (Å²) in [6.07, 6.45) is 0. The number of carbonyl (C=O) groups is 1. The topological polar surface area (TPSA) is 123 Å². The van der Waals surface area contributed by atoms with Crippen LogP contribution in [0.1, 0.15) is 15.9 Å². The van der Waals surface area contributed by atoms with Crippen LogP contribution in [-0.4, -0.2) is 18.8 Å². The summed E-state index contributed by atoms with van der Waals surface area (Å²) < 4.78 is 31.4. The Morgan fingerprint density at radius 1 is 1.00 bits per heavy atom. The van der Waals surface area contributed by atoms with E-state index in [4.69, 9.17) is 16.0 Å². The van der Waals surface area contributed by atoms with E-state index in [1.807, 2.05) is 0 Å². The SMILES string of the molecule is Nc1cccc(C(=O)c2ccc(N)c(S(=O)(=O)O)c2)c1. The van der Waals surface area contributed by atoms with Crippen LogP contribution < -0.4 is 11.5 Å². The van der Waals surface area contributed by atoms with Gasteiger partial charge in [-0.15, -0.1) is 0 Å². The quantitative estimate of drug-likeness (QED) is 0.445. The molecule has 0 fully saturated rings. The summed E-state index contributed by atoms with van der Waals surface area (Å²) >= 11 is 0. The smallest absolute Gasteiger partial charge is 0.296 e. The molecule has 104 valence electrons. The molecule has 0 amide bonds. The number of carbonyl (C=O) groups excluding carboxylic acids is 1. The average molecular weight is 292 g/mol. The van der Waals surface area contributed by atoms with Crippen molar-refractivity contribution in [1.82, 2.24) is 0 Å². The van der Waals surface area contributed by atoms with Gasteiger partial charge in [0.1, 0.15) is 4.90 Å². The molecule has 0 saturated carbocycles. The Bertz CT molecular complexity index is 785. The molecule has 0 aromatic heterocycles. The molecule has 5 N–H and O–H groups in total. The molecule has 0 saturated heterocycles. The summed E-state index contributed by atoms with van der Waals surface area (Å²) in [5.74, 6) is -0.415. The Labute approximate surface area is 115 Å². The summed E-state index contributed by atoms with van der Waals surface area (Å²) in [5, 5.41) is 0. The molecule has 0 heterocycles. The molecular weight excluding hydrogens is 280 g/mol. The molecule has 20 heavy (non-hydrogen) atoms. The molecule has 0 atom stereocenters. The molecule has 0 aliphatic rings. The maximum Gasteiger partial charge on any atom is 0.296 e. The van der Waals surface area contributed by atoms with E-state index in [0.29, 0.717) is 11.3 Å². The Morgan fingerprint density at radius 3 is 2.25 bits per heavy atom. The first-order valence-corrected chi connectivity index (χ1v) is 7.00. The molecular formula is C13H12N2O4S. The first-order chi connectivity index (χ1) is 9.29. The molecule has 7 heteroatoms. The molecule has 0 unspecified atom stereocenters. The maximum atomic E-state index is 12.2. The maximum absolute atomic E-state index is 12.2. The summed E-state index contributed by atoms with van der Waals surface area (Å²) in [4.78, 5) is 11.7. The standard InChI is InChI=1S/C13H12N2O4S/c14-10-3-1-2-8(6-10)13(16)9-4-5-11(15)12(7-9)20(17,18)19/h1-7H,14-15H2,(H,17,18,19). The lowest BCUT2D eigenvalue weighted by Gasteiger charge is -2.06. The first-order valence-electron chi connectivity index (χ1n) is 5.56. The van der Waals surface area contributed by atoms with Crippen molar-refractivity contribution in [2.45, 2.75) is 4.90 Å². The molecule has 0 spiro atoms. The van der Waals surface area contributed by atoms with E-state index in [1.165, 1.54) is 18.2 Å². The van der Waals surface area contributed by atoms with Crippen LogP contribution in [0.3, 0.4) is 0 Å². The van der Waals surface area contributed by atoms with Gasteiger partial charge in [-0.1, -0.05) is 12.1 Å². The van der Waals surface area contributed by atoms with Gasteiger partial charge < -0.3 is 11.5 Å². The van der Waals surface area contributed by atoms with E-state index in [2.05, 4.69) is 0 Å². The van der Waals surface area contributed by atoms with Crippen molar-refractivity contribution in [2.24, 2.45) is 0 Å². The number of rotatable bonds is 3. The van der Waals surface area contributed by atoms with Crippen molar-refractivity contribution in [3.8, 4) is 0 Å². The second kappa shape index (κ2) is 4.95. The highest BCUT2D eigenvalue weighted by Gasteiger charge is 2.17. The minimum atomic E-state index is -4.48. The summed E-state index contributed by atoms with van der Waals surface area (Å²) in [6, 6.07) is 9.95. The second-order valence-electron chi connectivity index (χ2n) is 4.18. The average Bonchev–Trinajstić information content (AvgIpc) is 2.37. The van der Waals surface area contributed by atoms with Crippen molar-refractivity contribution in [2.75, 3.05) is 11.5 Å². The fourth-order valence-electron chi connectivity index (χ4n) is 1.75. The van der Waals surface area contributed by atoms with Gasteiger partial charge in [-0.3, -0.25) is 9.35 Å². The lowest BCUT2D eigenvalue weighted by molar-refractivity contribution is 0.103. The Hall–Kier alpha value is -2.38. The van der Waals surface area contributed by atoms with Crippen molar-refractivity contribution < 1.29 is 17.8 Å². The lowest BCUT2D eigenvalue weighted by Crippen LogP contribution is -2.07. The van der Waals surface area contributed by atoms with Crippen LogP contribution in [0, 0.1) is 0 Å². The highest BCUT2D eigenvalue weighted by atomic mass is 32.2. The lowest BCUT2D eigenvalue weighted by atomic mass is 10.0. The number of hydrogen-bond acceptors (Lipinski definition) is 5. The first kappa shape index (κ1) is 14.0. The largest absolute Gasteiger partial charge is 0.399 e. The van der Waals surface area contributed by atoms with Gasteiger partial charge >= 0.3 is 0 Å². The van der Waals surface area contributed by atoms with Crippen LogP contribution in [0.15, 0.2) is 47.4 Å². The molecule has 0 aliphatic heterocycles. The van der Waals surface area contributed by atoms with Gasteiger partial charge in [0.25, 0.3) is 10.1 Å². The van der Waals surface area contributed by atoms with Crippen molar-refractivity contribution in [3.63, 3.8) is 0 Å². The molecule has 2 aromatic rings. The predicted octanol–water partition coefficient (Wildman–Crippen LogP) is 1.33. The van der Waals surface area contributed by atoms with E-state index >= 15 is 0 Å². The third-order valence-corrected chi connectivity index (χ3v) is 3.61. The van der Waals surface area contributed by atoms with Crippen molar-refractivity contribution in [1.29, 1.82) is 0 Å². The molecule has 2 aromatic carbocycles. The minimum Gasteiger partial charge on any atom is -0.399 e. The van der Waals surface area contributed by atoms with Gasteiger partial charge in [-0.2, -0.15) is 8.42 Å². The highest BCUT2D eigenvalue weighted by molar-refractivity contribution is 7.86. The fourth-order valence-corrected chi connectivity index (χ4v) is 2.39. The summed E-state index contributed by atoms with van der Waals surface area (Å²) in [5.41, 5.74) is 11.8. The van der Waals surface area contributed by atoms with Crippen LogP contribution in [0.25, 0.3) is 0 Å². The van der Waals surface area contributed by atoms with Crippen LogP contribution in [0.5, 0.6) is 0 Å². The third-order valence-electron chi connectivity index (χ3n) is 2.70. The van der Waals surface area contributed by atoms with Gasteiger partial charge in [-0.25, -0.2) is 0 Å². The zero-order valence-corrected chi connectivity index (χ0v) is 11.1. The minimum absolute atomic E-state index is 0.0948. The Morgan fingerprint density at radius 2 is 1.65 bits per heavy atom. The number of benzene rings is 2. The van der Waals surface area contributed by atoms with Gasteiger partial charge in [0.05, 0.1) is 5.69 Å². The molecule has 0 aliphatic carbocycles. The normalized spacial score (nSPS) is 11.2. The zero-order chi connectivity index (χ0) is 14.9. The van der Waals surface area contributed by atoms with E-state index < -0.39 is 20.8 Å². The van der Waals surface area contributed by atoms with Crippen LogP contribution >= 0.6 is 0 Å². The van der Waals surface area contributed by atoms with Gasteiger partial charge in [0.2, 0.25) is 0 Å². The number of hydrogen-bond donors (Lipinski definition) is 3. The third kappa shape index (κ3) is 2.79. The van der Waals surface area contributed by atoms with E-state index in [-0.39, 0.29) is 11.3 Å². The molecule has 6 nitrogen and oxygen atoms in total.